The molecule has 0 aromatic heterocycles. The molecule has 0 aromatic carbocycles. The number of hydrogen-bond donors (Lipinski definition) is 0. The molecule has 0 heterocycles. The van der Waals surface area contributed by atoms with Gasteiger partial charge in [-0.2, -0.15) is 0 Å². The summed E-state index contributed by atoms with van der Waals surface area (Å²) in [5.41, 5.74) is 0. The fraction of sp³-hybridized carbons (Fsp3) is 0.923. The fourth-order valence-corrected chi connectivity index (χ4v) is 1.72. The number of ether oxygens (including phenoxy) is 1. The summed E-state index contributed by atoms with van der Waals surface area (Å²) in [7, 11) is 0. The Labute approximate surface area is 94.4 Å². The molecule has 0 atom stereocenters. The van der Waals surface area contributed by atoms with E-state index in [1.54, 1.807) is 0 Å². The van der Waals surface area contributed by atoms with Crippen LogP contribution in [-0.4, -0.2) is 12.1 Å². The molecule has 90 valence electrons. The predicted molar refractivity (Wildman–Crippen MR) is 63.8 cm³/mol. The average molecular weight is 214 g/mol. The van der Waals surface area contributed by atoms with Crippen LogP contribution in [0.15, 0.2) is 0 Å². The van der Waals surface area contributed by atoms with Crippen molar-refractivity contribution in [2.75, 3.05) is 0 Å². The molecule has 2 heteroatoms. The second-order valence-corrected chi connectivity index (χ2v) is 4.15. The van der Waals surface area contributed by atoms with Gasteiger partial charge in [0.2, 0.25) is 0 Å². The van der Waals surface area contributed by atoms with Crippen molar-refractivity contribution in [1.29, 1.82) is 0 Å². The number of carbonyl (C=O) groups is 1. The van der Waals surface area contributed by atoms with Crippen molar-refractivity contribution in [3.05, 3.63) is 0 Å². The first-order valence-electron chi connectivity index (χ1n) is 6.37. The van der Waals surface area contributed by atoms with Crippen LogP contribution in [0, 0.1) is 5.92 Å². The van der Waals surface area contributed by atoms with Crippen LogP contribution >= 0.6 is 0 Å². The molecule has 0 bridgehead atoms. The van der Waals surface area contributed by atoms with E-state index in [-0.39, 0.29) is 12.1 Å². The third kappa shape index (κ3) is 6.53. The summed E-state index contributed by atoms with van der Waals surface area (Å²) in [6.45, 7) is 8.48. The maximum atomic E-state index is 11.5. The van der Waals surface area contributed by atoms with E-state index < -0.39 is 0 Å². The highest BCUT2D eigenvalue weighted by Crippen LogP contribution is 2.15. The van der Waals surface area contributed by atoms with Gasteiger partial charge in [0, 0.05) is 6.42 Å². The molecule has 0 rings (SSSR count). The SMILES string of the molecule is CCC(CC)CCC(=O)OC(CC)CC. The van der Waals surface area contributed by atoms with Crippen LogP contribution in [0.5, 0.6) is 0 Å². The normalized spacial score (nSPS) is 11.1. The van der Waals surface area contributed by atoms with Crippen molar-refractivity contribution in [2.45, 2.75) is 72.3 Å². The molecule has 0 radical (unpaired) electrons. The standard InChI is InChI=1S/C13H26O2/c1-5-11(6-2)9-10-13(14)15-12(7-3)8-4/h11-12H,5-10H2,1-4H3. The van der Waals surface area contributed by atoms with Gasteiger partial charge in [0.25, 0.3) is 0 Å². The second kappa shape index (κ2) is 8.75. The zero-order valence-corrected chi connectivity index (χ0v) is 10.7. The highest BCUT2D eigenvalue weighted by Gasteiger charge is 2.12. The summed E-state index contributed by atoms with van der Waals surface area (Å²) in [6.07, 6.45) is 5.86. The predicted octanol–water partition coefficient (Wildman–Crippen LogP) is 3.93. The van der Waals surface area contributed by atoms with Crippen LogP contribution in [0.1, 0.15) is 66.2 Å². The molecule has 0 saturated carbocycles. The summed E-state index contributed by atoms with van der Waals surface area (Å²) in [5.74, 6) is 0.662. The van der Waals surface area contributed by atoms with Gasteiger partial charge in [-0.15, -0.1) is 0 Å². The first-order valence-corrected chi connectivity index (χ1v) is 6.37. The quantitative estimate of drug-likeness (QED) is 0.572. The lowest BCUT2D eigenvalue weighted by molar-refractivity contribution is -0.149. The first-order chi connectivity index (χ1) is 7.17. The molecule has 0 spiro atoms. The van der Waals surface area contributed by atoms with Gasteiger partial charge in [-0.05, 0) is 25.2 Å². The van der Waals surface area contributed by atoms with Crippen molar-refractivity contribution in [3.63, 3.8) is 0 Å². The summed E-state index contributed by atoms with van der Waals surface area (Å²) >= 11 is 0. The lowest BCUT2D eigenvalue weighted by Crippen LogP contribution is -2.17. The Morgan fingerprint density at radius 2 is 1.53 bits per heavy atom. The van der Waals surface area contributed by atoms with E-state index in [1.165, 1.54) is 0 Å². The van der Waals surface area contributed by atoms with E-state index in [9.17, 15) is 4.79 Å². The molecular formula is C13H26O2. The minimum absolute atomic E-state index is 0.0180. The average Bonchev–Trinajstić information content (AvgIpc) is 2.27. The lowest BCUT2D eigenvalue weighted by atomic mass is 9.98. The molecule has 0 N–H and O–H groups in total. The van der Waals surface area contributed by atoms with Crippen LogP contribution in [0.25, 0.3) is 0 Å². The molecule has 0 aromatic rings. The molecular weight excluding hydrogens is 188 g/mol. The Hall–Kier alpha value is -0.530. The zero-order chi connectivity index (χ0) is 11.7. The zero-order valence-electron chi connectivity index (χ0n) is 10.7. The highest BCUT2D eigenvalue weighted by molar-refractivity contribution is 5.69. The van der Waals surface area contributed by atoms with Gasteiger partial charge in [-0.1, -0.05) is 40.5 Å². The van der Waals surface area contributed by atoms with E-state index >= 15 is 0 Å². The third-order valence-electron chi connectivity index (χ3n) is 3.12. The van der Waals surface area contributed by atoms with E-state index in [1.807, 2.05) is 0 Å². The van der Waals surface area contributed by atoms with E-state index in [2.05, 4.69) is 27.7 Å². The van der Waals surface area contributed by atoms with Gasteiger partial charge >= 0.3 is 5.97 Å². The topological polar surface area (TPSA) is 26.3 Å². The second-order valence-electron chi connectivity index (χ2n) is 4.15. The molecule has 0 fully saturated rings. The van der Waals surface area contributed by atoms with Crippen LogP contribution in [-0.2, 0) is 9.53 Å². The van der Waals surface area contributed by atoms with Crippen LogP contribution in [0.3, 0.4) is 0 Å². The van der Waals surface area contributed by atoms with Crippen LogP contribution < -0.4 is 0 Å². The van der Waals surface area contributed by atoms with Crippen molar-refractivity contribution in [1.82, 2.24) is 0 Å². The van der Waals surface area contributed by atoms with Gasteiger partial charge < -0.3 is 4.74 Å². The molecule has 2 nitrogen and oxygen atoms in total. The number of hydrogen-bond acceptors (Lipinski definition) is 2. The minimum atomic E-state index is -0.0180. The van der Waals surface area contributed by atoms with Crippen molar-refractivity contribution in [2.24, 2.45) is 5.92 Å². The Kier molecular flexibility index (Phi) is 8.44. The molecule has 0 aliphatic heterocycles. The summed E-state index contributed by atoms with van der Waals surface area (Å²) in [5, 5.41) is 0. The minimum Gasteiger partial charge on any atom is -0.462 e. The van der Waals surface area contributed by atoms with Crippen molar-refractivity contribution < 1.29 is 9.53 Å². The van der Waals surface area contributed by atoms with Crippen molar-refractivity contribution in [3.8, 4) is 0 Å². The summed E-state index contributed by atoms with van der Waals surface area (Å²) in [4.78, 5) is 11.5. The van der Waals surface area contributed by atoms with Gasteiger partial charge in [-0.3, -0.25) is 4.79 Å². The molecule has 15 heavy (non-hydrogen) atoms. The Bertz CT molecular complexity index is 158. The van der Waals surface area contributed by atoms with Gasteiger partial charge in [0.05, 0.1) is 0 Å². The molecule has 0 unspecified atom stereocenters. The maximum absolute atomic E-state index is 11.5. The van der Waals surface area contributed by atoms with Gasteiger partial charge in [-0.25, -0.2) is 0 Å². The molecule has 0 saturated heterocycles. The van der Waals surface area contributed by atoms with E-state index in [0.29, 0.717) is 12.3 Å². The lowest BCUT2D eigenvalue weighted by Gasteiger charge is -2.15. The Morgan fingerprint density at radius 1 is 1.00 bits per heavy atom. The highest BCUT2D eigenvalue weighted by atomic mass is 16.5. The third-order valence-corrected chi connectivity index (χ3v) is 3.12. The molecule has 0 amide bonds. The van der Waals surface area contributed by atoms with Gasteiger partial charge in [0.15, 0.2) is 0 Å². The van der Waals surface area contributed by atoms with Crippen LogP contribution in [0.2, 0.25) is 0 Å². The molecule has 0 aliphatic rings. The number of carbonyl (C=O) groups excluding carboxylic acids is 1. The van der Waals surface area contributed by atoms with E-state index in [4.69, 9.17) is 4.74 Å². The summed E-state index contributed by atoms with van der Waals surface area (Å²) < 4.78 is 5.35. The number of rotatable bonds is 8. The summed E-state index contributed by atoms with van der Waals surface area (Å²) in [6, 6.07) is 0. The van der Waals surface area contributed by atoms with Gasteiger partial charge in [0.1, 0.15) is 6.10 Å². The smallest absolute Gasteiger partial charge is 0.306 e. The maximum Gasteiger partial charge on any atom is 0.306 e. The van der Waals surface area contributed by atoms with Crippen LogP contribution in [0.4, 0.5) is 0 Å². The van der Waals surface area contributed by atoms with Crippen molar-refractivity contribution >= 4 is 5.97 Å². The Morgan fingerprint density at radius 3 is 1.93 bits per heavy atom. The van der Waals surface area contributed by atoms with E-state index in [0.717, 1.165) is 32.1 Å². The largest absolute Gasteiger partial charge is 0.462 e. The molecule has 0 aliphatic carbocycles. The number of esters is 1. The Balaban J connectivity index is 3.73. The first kappa shape index (κ1) is 14.5. The monoisotopic (exact) mass is 214 g/mol. The fourth-order valence-electron chi connectivity index (χ4n) is 1.72.